The van der Waals surface area contributed by atoms with Gasteiger partial charge in [0, 0.05) is 17.1 Å². The van der Waals surface area contributed by atoms with Gasteiger partial charge >= 0.3 is 0 Å². The highest BCUT2D eigenvalue weighted by Gasteiger charge is 2.17. The zero-order valence-electron chi connectivity index (χ0n) is 12.7. The second kappa shape index (κ2) is 5.73. The lowest BCUT2D eigenvalue weighted by Gasteiger charge is -2.08. The van der Waals surface area contributed by atoms with E-state index in [-0.39, 0.29) is 0 Å². The van der Waals surface area contributed by atoms with Crippen molar-refractivity contribution < 1.29 is 0 Å². The molecule has 0 saturated carbocycles. The Morgan fingerprint density at radius 3 is 2.82 bits per heavy atom. The molecular formula is C19H18N2S. The maximum Gasteiger partial charge on any atom is 0.188 e. The number of benzene rings is 2. The van der Waals surface area contributed by atoms with Crippen LogP contribution in [0.15, 0.2) is 47.6 Å². The van der Waals surface area contributed by atoms with E-state index < -0.39 is 0 Å². The van der Waals surface area contributed by atoms with Crippen molar-refractivity contribution in [1.82, 2.24) is 9.97 Å². The molecular weight excluding hydrogens is 288 g/mol. The van der Waals surface area contributed by atoms with Gasteiger partial charge in [0.2, 0.25) is 0 Å². The molecule has 110 valence electrons. The molecule has 0 spiro atoms. The van der Waals surface area contributed by atoms with Crippen LogP contribution in [0.4, 0.5) is 0 Å². The Balaban J connectivity index is 1.61. The lowest BCUT2D eigenvalue weighted by Crippen LogP contribution is -1.99. The quantitative estimate of drug-likeness (QED) is 0.517. The molecule has 0 fully saturated rings. The van der Waals surface area contributed by atoms with E-state index in [1.165, 1.54) is 39.7 Å². The monoisotopic (exact) mass is 306 g/mol. The molecule has 2 aromatic carbocycles. The Morgan fingerprint density at radius 2 is 1.86 bits per heavy atom. The first-order valence-corrected chi connectivity index (χ1v) is 8.75. The second-order valence-electron chi connectivity index (χ2n) is 5.80. The average molecular weight is 306 g/mol. The van der Waals surface area contributed by atoms with Crippen LogP contribution in [0.25, 0.3) is 10.8 Å². The first kappa shape index (κ1) is 13.8. The number of aromatic nitrogens is 2. The van der Waals surface area contributed by atoms with Gasteiger partial charge in [-0.25, -0.2) is 9.97 Å². The van der Waals surface area contributed by atoms with Gasteiger partial charge in [-0.05, 0) is 48.1 Å². The van der Waals surface area contributed by atoms with Crippen molar-refractivity contribution in [2.75, 3.05) is 0 Å². The molecule has 1 aliphatic rings. The van der Waals surface area contributed by atoms with Gasteiger partial charge in [0.1, 0.15) is 0 Å². The summed E-state index contributed by atoms with van der Waals surface area (Å²) in [7, 11) is 0. The molecule has 3 aromatic rings. The fraction of sp³-hybridized carbons (Fsp3) is 0.263. The number of thioether (sulfide) groups is 1. The predicted octanol–water partition coefficient (Wildman–Crippen LogP) is 4.72. The van der Waals surface area contributed by atoms with E-state index in [1.54, 1.807) is 11.8 Å². The Labute approximate surface area is 135 Å². The van der Waals surface area contributed by atoms with E-state index in [4.69, 9.17) is 9.97 Å². The third-order valence-corrected chi connectivity index (χ3v) is 5.25. The maximum atomic E-state index is 4.76. The van der Waals surface area contributed by atoms with Crippen LogP contribution >= 0.6 is 11.8 Å². The molecule has 1 heterocycles. The number of fused-ring (bicyclic) bond motifs is 2. The molecule has 3 heteroatoms. The molecule has 0 N–H and O–H groups in total. The van der Waals surface area contributed by atoms with Gasteiger partial charge in [0.05, 0.1) is 0 Å². The summed E-state index contributed by atoms with van der Waals surface area (Å²) in [6, 6.07) is 15.1. The van der Waals surface area contributed by atoms with E-state index in [9.17, 15) is 0 Å². The van der Waals surface area contributed by atoms with Gasteiger partial charge in [0.25, 0.3) is 0 Å². The largest absolute Gasteiger partial charge is 0.228 e. The number of hydrogen-bond donors (Lipinski definition) is 0. The van der Waals surface area contributed by atoms with Crippen molar-refractivity contribution in [2.45, 2.75) is 37.1 Å². The Kier molecular flexibility index (Phi) is 3.59. The summed E-state index contributed by atoms with van der Waals surface area (Å²) in [5, 5.41) is 3.55. The van der Waals surface area contributed by atoms with Crippen LogP contribution in [-0.4, -0.2) is 9.97 Å². The van der Waals surface area contributed by atoms with E-state index in [1.807, 2.05) is 0 Å². The zero-order valence-corrected chi connectivity index (χ0v) is 13.5. The van der Waals surface area contributed by atoms with Gasteiger partial charge in [-0.3, -0.25) is 0 Å². The summed E-state index contributed by atoms with van der Waals surface area (Å²) in [5.41, 5.74) is 5.18. The van der Waals surface area contributed by atoms with Crippen LogP contribution in [0.1, 0.15) is 28.9 Å². The summed E-state index contributed by atoms with van der Waals surface area (Å²) < 4.78 is 0. The molecule has 0 atom stereocenters. The third-order valence-electron chi connectivity index (χ3n) is 4.36. The molecule has 0 bridgehead atoms. The minimum atomic E-state index is 0.916. The highest BCUT2D eigenvalue weighted by atomic mass is 32.2. The molecule has 0 saturated heterocycles. The topological polar surface area (TPSA) is 25.8 Å². The summed E-state index contributed by atoms with van der Waals surface area (Å²) >= 11 is 1.75. The van der Waals surface area contributed by atoms with Crippen molar-refractivity contribution >= 4 is 22.5 Å². The van der Waals surface area contributed by atoms with Crippen LogP contribution in [0.2, 0.25) is 0 Å². The highest BCUT2D eigenvalue weighted by molar-refractivity contribution is 7.98. The van der Waals surface area contributed by atoms with E-state index in [2.05, 4.69) is 49.4 Å². The summed E-state index contributed by atoms with van der Waals surface area (Å²) in [6.07, 6.45) is 3.48. The predicted molar refractivity (Wildman–Crippen MR) is 92.3 cm³/mol. The van der Waals surface area contributed by atoms with Gasteiger partial charge in [-0.2, -0.15) is 0 Å². The lowest BCUT2D eigenvalue weighted by molar-refractivity contribution is 0.868. The molecule has 22 heavy (non-hydrogen) atoms. The van der Waals surface area contributed by atoms with Gasteiger partial charge in [0.15, 0.2) is 5.16 Å². The van der Waals surface area contributed by atoms with Crippen LogP contribution in [0, 0.1) is 6.92 Å². The number of aryl methyl sites for hydroxylation is 2. The van der Waals surface area contributed by atoms with Crippen molar-refractivity contribution in [3.63, 3.8) is 0 Å². The van der Waals surface area contributed by atoms with Crippen molar-refractivity contribution in [3.05, 3.63) is 65.0 Å². The number of rotatable bonds is 3. The Bertz CT molecular complexity index is 837. The summed E-state index contributed by atoms with van der Waals surface area (Å²) in [4.78, 5) is 9.45. The molecule has 1 aromatic heterocycles. The normalized spacial score (nSPS) is 13.5. The van der Waals surface area contributed by atoms with Crippen molar-refractivity contribution in [3.8, 4) is 0 Å². The molecule has 0 aliphatic heterocycles. The lowest BCUT2D eigenvalue weighted by atomic mass is 10.1. The minimum absolute atomic E-state index is 0.916. The van der Waals surface area contributed by atoms with E-state index in [0.717, 1.165) is 23.8 Å². The smallest absolute Gasteiger partial charge is 0.188 e. The van der Waals surface area contributed by atoms with Crippen LogP contribution in [0.3, 0.4) is 0 Å². The SMILES string of the molecule is Cc1nc(SCc2cccc3ccccc23)nc2c1CCC2. The standard InChI is InChI=1S/C19H18N2S/c1-13-16-10-5-11-18(16)21-19(20-13)22-12-15-8-4-7-14-6-2-3-9-17(14)15/h2-4,6-9H,5,10-12H2,1H3. The van der Waals surface area contributed by atoms with Gasteiger partial charge in [-0.1, -0.05) is 54.2 Å². The first-order chi connectivity index (χ1) is 10.8. The number of nitrogens with zero attached hydrogens (tertiary/aromatic N) is 2. The second-order valence-corrected chi connectivity index (χ2v) is 6.74. The fourth-order valence-electron chi connectivity index (χ4n) is 3.22. The van der Waals surface area contributed by atoms with Crippen LogP contribution in [-0.2, 0) is 18.6 Å². The molecule has 4 rings (SSSR count). The third kappa shape index (κ3) is 2.50. The molecule has 0 amide bonds. The molecule has 1 aliphatic carbocycles. The molecule has 0 radical (unpaired) electrons. The van der Waals surface area contributed by atoms with Crippen molar-refractivity contribution in [1.29, 1.82) is 0 Å². The van der Waals surface area contributed by atoms with Crippen LogP contribution in [0.5, 0.6) is 0 Å². The van der Waals surface area contributed by atoms with Gasteiger partial charge in [-0.15, -0.1) is 0 Å². The maximum absolute atomic E-state index is 4.76. The Morgan fingerprint density at radius 1 is 1.00 bits per heavy atom. The van der Waals surface area contributed by atoms with E-state index in [0.29, 0.717) is 0 Å². The van der Waals surface area contributed by atoms with Gasteiger partial charge < -0.3 is 0 Å². The molecule has 0 unspecified atom stereocenters. The van der Waals surface area contributed by atoms with E-state index >= 15 is 0 Å². The van der Waals surface area contributed by atoms with Crippen LogP contribution < -0.4 is 0 Å². The molecule has 2 nitrogen and oxygen atoms in total. The average Bonchev–Trinajstić information content (AvgIpc) is 3.02. The highest BCUT2D eigenvalue weighted by Crippen LogP contribution is 2.29. The number of hydrogen-bond acceptors (Lipinski definition) is 3. The first-order valence-electron chi connectivity index (χ1n) is 7.77. The fourth-order valence-corrected chi connectivity index (χ4v) is 4.13. The summed E-state index contributed by atoms with van der Waals surface area (Å²) in [5.74, 6) is 0.916. The van der Waals surface area contributed by atoms with Crippen molar-refractivity contribution in [2.24, 2.45) is 0 Å². The zero-order chi connectivity index (χ0) is 14.9. The summed E-state index contributed by atoms with van der Waals surface area (Å²) in [6.45, 7) is 2.12. The minimum Gasteiger partial charge on any atom is -0.228 e. The Hall–Kier alpha value is -1.87.